The minimum absolute atomic E-state index is 0.0493. The number of hydroxylamine groups is 4. The van der Waals surface area contributed by atoms with E-state index in [0.717, 1.165) is 19.3 Å². The van der Waals surface area contributed by atoms with E-state index < -0.39 is 6.67 Å². The zero-order valence-electron chi connectivity index (χ0n) is 9.68. The van der Waals surface area contributed by atoms with Crippen molar-refractivity contribution in [2.45, 2.75) is 32.6 Å². The number of nitrogens with zero attached hydrogens (tertiary/aromatic N) is 2. The minimum Gasteiger partial charge on any atom is -0.784 e. The lowest BCUT2D eigenvalue weighted by atomic mass is 10.2. The van der Waals surface area contributed by atoms with Gasteiger partial charge in [0.15, 0.2) is 0 Å². The third kappa shape index (κ3) is 9.84. The molecule has 0 bridgehead atoms. The summed E-state index contributed by atoms with van der Waals surface area (Å²) in [7, 11) is 1.18. The van der Waals surface area contributed by atoms with Crippen LogP contribution in [0.1, 0.15) is 32.6 Å². The molecule has 0 unspecified atom stereocenters. The van der Waals surface area contributed by atoms with E-state index in [-0.39, 0.29) is 5.23 Å². The fourth-order valence-electron chi connectivity index (χ4n) is 0.897. The fourth-order valence-corrected chi connectivity index (χ4v) is 0.897. The van der Waals surface area contributed by atoms with Gasteiger partial charge in [0, 0.05) is 11.5 Å². The molecule has 0 aromatic heterocycles. The van der Waals surface area contributed by atoms with Gasteiger partial charge in [0.2, 0.25) is 0 Å². The summed E-state index contributed by atoms with van der Waals surface area (Å²) < 4.78 is 0. The highest BCUT2D eigenvalue weighted by Gasteiger charge is 1.98. The first-order chi connectivity index (χ1) is 7.56. The highest BCUT2D eigenvalue weighted by Crippen LogP contribution is 2.08. The summed E-state index contributed by atoms with van der Waals surface area (Å²) in [6, 6.07) is 0. The van der Waals surface area contributed by atoms with Gasteiger partial charge in [-0.25, -0.2) is 5.23 Å². The van der Waals surface area contributed by atoms with Gasteiger partial charge < -0.3 is 20.4 Å². The number of hydrogen-bond acceptors (Lipinski definition) is 7. The van der Waals surface area contributed by atoms with E-state index in [0.29, 0.717) is 17.2 Å². The topological polar surface area (TPSA) is 80.3 Å². The third-order valence-corrected chi connectivity index (χ3v) is 1.64. The Balaban J connectivity index is 3.39. The molecule has 0 N–H and O–H groups in total. The van der Waals surface area contributed by atoms with Gasteiger partial charge in [0.25, 0.3) is 0 Å². The maximum absolute atomic E-state index is 10.7. The number of allylic oxidation sites excluding steroid dienone is 1. The Labute approximate surface area is 95.1 Å². The molecule has 0 rings (SSSR count). The van der Waals surface area contributed by atoms with Gasteiger partial charge in [-0.3, -0.25) is 0 Å². The van der Waals surface area contributed by atoms with E-state index in [1.54, 1.807) is 0 Å². The highest BCUT2D eigenvalue weighted by atomic mass is 17.6. The van der Waals surface area contributed by atoms with E-state index in [1.807, 2.05) is 0 Å². The van der Waals surface area contributed by atoms with Crippen molar-refractivity contribution in [2.75, 3.05) is 13.7 Å². The van der Waals surface area contributed by atoms with E-state index >= 15 is 0 Å². The smallest absolute Gasteiger partial charge is 0.138 e. The average molecular weight is 234 g/mol. The lowest BCUT2D eigenvalue weighted by Crippen LogP contribution is -2.28. The Bertz CT molecular complexity index is 189. The largest absolute Gasteiger partial charge is 0.784 e. The summed E-state index contributed by atoms with van der Waals surface area (Å²) >= 11 is 0. The zero-order chi connectivity index (χ0) is 12.4. The van der Waals surface area contributed by atoms with Crippen molar-refractivity contribution in [1.82, 2.24) is 10.3 Å². The second-order valence-corrected chi connectivity index (χ2v) is 3.32. The molecular weight excluding hydrogens is 216 g/mol. The quantitative estimate of drug-likeness (QED) is 0.188. The second-order valence-electron chi connectivity index (χ2n) is 3.32. The second kappa shape index (κ2) is 9.52. The molecule has 7 nitrogen and oxygen atoms in total. The van der Waals surface area contributed by atoms with E-state index in [1.165, 1.54) is 7.05 Å². The molecule has 16 heavy (non-hydrogen) atoms. The van der Waals surface area contributed by atoms with Crippen LogP contribution in [0.15, 0.2) is 12.3 Å². The van der Waals surface area contributed by atoms with Crippen molar-refractivity contribution in [3.8, 4) is 0 Å². The maximum Gasteiger partial charge on any atom is 0.138 e. The predicted octanol–water partition coefficient (Wildman–Crippen LogP) is 2.06. The molecule has 0 aromatic rings. The first kappa shape index (κ1) is 15.3. The summed E-state index contributed by atoms with van der Waals surface area (Å²) in [5.41, 5.74) is 0. The van der Waals surface area contributed by atoms with Gasteiger partial charge in [-0.1, -0.05) is 26.3 Å². The van der Waals surface area contributed by atoms with Gasteiger partial charge in [-0.15, -0.1) is 4.99 Å². The Hall–Kier alpha value is -0.700. The molecule has 0 atom stereocenters. The first-order valence-electron chi connectivity index (χ1n) is 5.08. The Morgan fingerprint density at radius 1 is 1.31 bits per heavy atom. The molecule has 0 aliphatic carbocycles. The third-order valence-electron chi connectivity index (χ3n) is 1.64. The SMILES string of the molecule is C=C(CCCCC)OOON([O-])CN(C)[O-]. The molecular formula is C9H18N2O5-2. The van der Waals surface area contributed by atoms with Gasteiger partial charge in [-0.2, -0.15) is 0 Å². The van der Waals surface area contributed by atoms with Crippen LogP contribution in [-0.4, -0.2) is 24.0 Å². The Kier molecular flexibility index (Phi) is 9.10. The van der Waals surface area contributed by atoms with Crippen LogP contribution in [0.3, 0.4) is 0 Å². The first-order valence-corrected chi connectivity index (χ1v) is 5.08. The van der Waals surface area contributed by atoms with Gasteiger partial charge in [-0.05, 0) is 13.5 Å². The molecule has 7 heteroatoms. The molecule has 0 aliphatic heterocycles. The summed E-state index contributed by atoms with van der Waals surface area (Å²) in [5.74, 6) is 0.373. The fraction of sp³-hybridized carbons (Fsp3) is 0.778. The Morgan fingerprint density at radius 3 is 2.56 bits per heavy atom. The molecule has 0 saturated carbocycles. The van der Waals surface area contributed by atoms with Crippen LogP contribution in [0.5, 0.6) is 0 Å². The summed E-state index contributed by atoms with van der Waals surface area (Å²) in [6.07, 6.45) is 3.73. The van der Waals surface area contributed by atoms with Crippen LogP contribution in [0, 0.1) is 10.4 Å². The Morgan fingerprint density at radius 2 is 2.00 bits per heavy atom. The van der Waals surface area contributed by atoms with Crippen molar-refractivity contribution >= 4 is 0 Å². The molecule has 0 fully saturated rings. The molecule has 0 saturated heterocycles. The molecule has 0 aromatic carbocycles. The van der Waals surface area contributed by atoms with Crippen molar-refractivity contribution in [3.63, 3.8) is 0 Å². The molecule has 0 aliphatic rings. The summed E-state index contributed by atoms with van der Waals surface area (Å²) in [5, 5.41) is 25.6. The molecule has 0 amide bonds. The summed E-state index contributed by atoms with van der Waals surface area (Å²) in [4.78, 5) is 8.64. The van der Waals surface area contributed by atoms with E-state index in [9.17, 15) is 10.4 Å². The van der Waals surface area contributed by atoms with Gasteiger partial charge in [0.05, 0.1) is 6.67 Å². The highest BCUT2D eigenvalue weighted by molar-refractivity contribution is 4.79. The summed E-state index contributed by atoms with van der Waals surface area (Å²) in [6.45, 7) is 5.15. The van der Waals surface area contributed by atoms with Gasteiger partial charge >= 0.3 is 0 Å². The van der Waals surface area contributed by atoms with Crippen molar-refractivity contribution in [2.24, 2.45) is 0 Å². The van der Waals surface area contributed by atoms with Crippen molar-refractivity contribution in [3.05, 3.63) is 22.8 Å². The van der Waals surface area contributed by atoms with Crippen LogP contribution < -0.4 is 0 Å². The van der Waals surface area contributed by atoms with Crippen molar-refractivity contribution < 1.29 is 14.9 Å². The van der Waals surface area contributed by atoms with Crippen LogP contribution in [0.25, 0.3) is 0 Å². The zero-order valence-corrected chi connectivity index (χ0v) is 9.68. The standard InChI is InChI=1S/C9H18N2O5/c1-4-5-6-7-9(2)14-16-15-11(13)8-10(3)12/h2,4-8H2,1,3H3/q-2. The molecule has 96 valence electrons. The van der Waals surface area contributed by atoms with Crippen LogP contribution in [0.2, 0.25) is 0 Å². The van der Waals surface area contributed by atoms with E-state index in [4.69, 9.17) is 0 Å². The maximum atomic E-state index is 10.7. The number of rotatable bonds is 10. The van der Waals surface area contributed by atoms with Crippen LogP contribution in [-0.2, 0) is 14.9 Å². The molecule has 0 spiro atoms. The normalized spacial score (nSPS) is 11.1. The molecule has 0 heterocycles. The average Bonchev–Trinajstić information content (AvgIpc) is 2.17. The lowest BCUT2D eigenvalue weighted by molar-refractivity contribution is -0.563. The lowest BCUT2D eigenvalue weighted by Gasteiger charge is -2.32. The number of hydrogen-bond donors (Lipinski definition) is 0. The monoisotopic (exact) mass is 234 g/mol. The predicted molar refractivity (Wildman–Crippen MR) is 57.7 cm³/mol. The van der Waals surface area contributed by atoms with Crippen LogP contribution >= 0.6 is 0 Å². The van der Waals surface area contributed by atoms with Crippen molar-refractivity contribution in [1.29, 1.82) is 0 Å². The molecule has 0 radical (unpaired) electrons. The number of unbranched alkanes of at least 4 members (excludes halogenated alkanes) is 2. The minimum atomic E-state index is -0.494. The van der Waals surface area contributed by atoms with E-state index in [2.05, 4.69) is 28.4 Å². The van der Waals surface area contributed by atoms with Crippen LogP contribution in [0.4, 0.5) is 0 Å². The van der Waals surface area contributed by atoms with Gasteiger partial charge in [0.1, 0.15) is 5.76 Å².